The third-order valence-corrected chi connectivity index (χ3v) is 5.26. The SMILES string of the molecule is COC(C)(C)CNS(=O)(=O)c1cc(CN)cs1. The molecule has 0 bridgehead atoms. The number of hydrogen-bond donors (Lipinski definition) is 2. The third kappa shape index (κ3) is 4.04. The Morgan fingerprint density at radius 1 is 1.53 bits per heavy atom. The Morgan fingerprint density at radius 3 is 2.65 bits per heavy atom. The van der Waals surface area contributed by atoms with E-state index in [1.54, 1.807) is 18.6 Å². The Morgan fingerprint density at radius 2 is 2.18 bits per heavy atom. The number of hydrogen-bond acceptors (Lipinski definition) is 5. The van der Waals surface area contributed by atoms with E-state index >= 15 is 0 Å². The fraction of sp³-hybridized carbons (Fsp3) is 0.600. The van der Waals surface area contributed by atoms with Crippen LogP contribution in [0.5, 0.6) is 0 Å². The normalized spacial score (nSPS) is 12.9. The van der Waals surface area contributed by atoms with Crippen LogP contribution in [-0.2, 0) is 21.3 Å². The Balaban J connectivity index is 2.76. The molecule has 0 amide bonds. The molecule has 0 unspecified atom stereocenters. The van der Waals surface area contributed by atoms with E-state index in [0.717, 1.165) is 5.56 Å². The summed E-state index contributed by atoms with van der Waals surface area (Å²) >= 11 is 1.17. The highest BCUT2D eigenvalue weighted by Crippen LogP contribution is 2.20. The molecule has 1 aromatic rings. The van der Waals surface area contributed by atoms with Crippen molar-refractivity contribution in [1.29, 1.82) is 0 Å². The van der Waals surface area contributed by atoms with Crippen LogP contribution in [0.1, 0.15) is 19.4 Å². The van der Waals surface area contributed by atoms with E-state index in [0.29, 0.717) is 6.54 Å². The van der Waals surface area contributed by atoms with Crippen LogP contribution in [0.15, 0.2) is 15.7 Å². The van der Waals surface area contributed by atoms with Gasteiger partial charge in [-0.2, -0.15) is 0 Å². The number of sulfonamides is 1. The van der Waals surface area contributed by atoms with E-state index in [4.69, 9.17) is 10.5 Å². The average Bonchev–Trinajstić information content (AvgIpc) is 2.76. The topological polar surface area (TPSA) is 81.4 Å². The minimum absolute atomic E-state index is 0.224. The van der Waals surface area contributed by atoms with Crippen molar-refractivity contribution < 1.29 is 13.2 Å². The van der Waals surface area contributed by atoms with Crippen molar-refractivity contribution in [2.24, 2.45) is 5.73 Å². The molecule has 3 N–H and O–H groups in total. The molecule has 0 saturated heterocycles. The molecule has 7 heteroatoms. The van der Waals surface area contributed by atoms with Gasteiger partial charge in [-0.25, -0.2) is 13.1 Å². The van der Waals surface area contributed by atoms with Crippen LogP contribution in [0, 0.1) is 0 Å². The van der Waals surface area contributed by atoms with Gasteiger partial charge >= 0.3 is 0 Å². The van der Waals surface area contributed by atoms with Crippen molar-refractivity contribution in [2.45, 2.75) is 30.2 Å². The zero-order valence-electron chi connectivity index (χ0n) is 10.2. The Labute approximate surface area is 106 Å². The van der Waals surface area contributed by atoms with Crippen LogP contribution in [-0.4, -0.2) is 27.7 Å². The maximum Gasteiger partial charge on any atom is 0.250 e. The van der Waals surface area contributed by atoms with E-state index in [1.165, 1.54) is 11.3 Å². The first-order valence-electron chi connectivity index (χ1n) is 5.13. The summed E-state index contributed by atoms with van der Waals surface area (Å²) in [7, 11) is -1.91. The quantitative estimate of drug-likeness (QED) is 0.810. The van der Waals surface area contributed by atoms with Gasteiger partial charge in [-0.05, 0) is 30.9 Å². The maximum absolute atomic E-state index is 11.9. The van der Waals surface area contributed by atoms with Crippen LogP contribution in [0.3, 0.4) is 0 Å². The van der Waals surface area contributed by atoms with Crippen molar-refractivity contribution in [3.8, 4) is 0 Å². The standard InChI is InChI=1S/C10H18N2O3S2/c1-10(2,15-3)7-12-17(13,14)9-4-8(5-11)6-16-9/h4,6,12H,5,7,11H2,1-3H3. The molecule has 0 aliphatic heterocycles. The van der Waals surface area contributed by atoms with E-state index in [9.17, 15) is 8.42 Å². The molecule has 0 saturated carbocycles. The van der Waals surface area contributed by atoms with Gasteiger partial charge in [0, 0.05) is 20.2 Å². The maximum atomic E-state index is 11.9. The first kappa shape index (κ1) is 14.6. The van der Waals surface area contributed by atoms with E-state index in [1.807, 2.05) is 13.8 Å². The number of nitrogens with one attached hydrogen (secondary N) is 1. The zero-order valence-corrected chi connectivity index (χ0v) is 11.8. The molecule has 1 rings (SSSR count). The molecule has 17 heavy (non-hydrogen) atoms. The Bertz CT molecular complexity index is 466. The summed E-state index contributed by atoms with van der Waals surface area (Å²) in [6.45, 7) is 4.20. The molecule has 0 radical (unpaired) electrons. The summed E-state index contributed by atoms with van der Waals surface area (Å²) < 4.78 is 31.8. The molecular formula is C10H18N2O3S2. The van der Waals surface area contributed by atoms with E-state index in [-0.39, 0.29) is 10.8 Å². The zero-order chi connectivity index (χ0) is 13.1. The molecule has 0 aliphatic rings. The molecular weight excluding hydrogens is 260 g/mol. The smallest absolute Gasteiger partial charge is 0.250 e. The van der Waals surface area contributed by atoms with Gasteiger partial charge in [-0.15, -0.1) is 11.3 Å². The highest BCUT2D eigenvalue weighted by molar-refractivity contribution is 7.91. The van der Waals surface area contributed by atoms with E-state index in [2.05, 4.69) is 4.72 Å². The van der Waals surface area contributed by atoms with Crippen LogP contribution < -0.4 is 10.5 Å². The lowest BCUT2D eigenvalue weighted by atomic mass is 10.1. The summed E-state index contributed by atoms with van der Waals surface area (Å²) in [6.07, 6.45) is 0. The fourth-order valence-electron chi connectivity index (χ4n) is 1.01. The second kappa shape index (κ2) is 5.45. The predicted molar refractivity (Wildman–Crippen MR) is 68.5 cm³/mol. The van der Waals surface area contributed by atoms with Crippen LogP contribution >= 0.6 is 11.3 Å². The third-order valence-electron chi connectivity index (χ3n) is 2.37. The molecule has 0 aromatic carbocycles. The molecule has 1 aromatic heterocycles. The van der Waals surface area contributed by atoms with Crippen LogP contribution in [0.4, 0.5) is 0 Å². The number of ether oxygens (including phenoxy) is 1. The van der Waals surface area contributed by atoms with Crippen LogP contribution in [0.2, 0.25) is 0 Å². The van der Waals surface area contributed by atoms with Crippen molar-refractivity contribution in [3.63, 3.8) is 0 Å². The highest BCUT2D eigenvalue weighted by atomic mass is 32.2. The van der Waals surface area contributed by atoms with Crippen LogP contribution in [0.25, 0.3) is 0 Å². The van der Waals surface area contributed by atoms with Crippen molar-refractivity contribution >= 4 is 21.4 Å². The van der Waals surface area contributed by atoms with Gasteiger partial charge in [-0.3, -0.25) is 0 Å². The lowest BCUT2D eigenvalue weighted by Gasteiger charge is -2.22. The van der Waals surface area contributed by atoms with Gasteiger partial charge in [0.2, 0.25) is 10.0 Å². The number of rotatable bonds is 6. The Hall–Kier alpha value is -0.470. The van der Waals surface area contributed by atoms with Crippen molar-refractivity contribution in [3.05, 3.63) is 17.0 Å². The van der Waals surface area contributed by atoms with Gasteiger partial charge in [0.25, 0.3) is 0 Å². The lowest BCUT2D eigenvalue weighted by molar-refractivity contribution is 0.0276. The predicted octanol–water partition coefficient (Wildman–Crippen LogP) is 0.910. The van der Waals surface area contributed by atoms with Gasteiger partial charge < -0.3 is 10.5 Å². The first-order valence-corrected chi connectivity index (χ1v) is 7.49. The van der Waals surface area contributed by atoms with Gasteiger partial charge in [0.05, 0.1) is 5.60 Å². The number of thiophene rings is 1. The van der Waals surface area contributed by atoms with Gasteiger partial charge in [0.1, 0.15) is 4.21 Å². The number of methoxy groups -OCH3 is 1. The number of nitrogens with two attached hydrogens (primary N) is 1. The molecule has 0 atom stereocenters. The molecule has 1 heterocycles. The second-order valence-electron chi connectivity index (χ2n) is 4.27. The molecule has 98 valence electrons. The monoisotopic (exact) mass is 278 g/mol. The summed E-state index contributed by atoms with van der Waals surface area (Å²) in [5.74, 6) is 0. The fourth-order valence-corrected chi connectivity index (χ4v) is 3.48. The van der Waals surface area contributed by atoms with Gasteiger partial charge in [0.15, 0.2) is 0 Å². The lowest BCUT2D eigenvalue weighted by Crippen LogP contribution is -2.39. The molecule has 0 spiro atoms. The highest BCUT2D eigenvalue weighted by Gasteiger charge is 2.22. The van der Waals surface area contributed by atoms with Crippen molar-refractivity contribution in [2.75, 3.05) is 13.7 Å². The first-order chi connectivity index (χ1) is 7.80. The van der Waals surface area contributed by atoms with Gasteiger partial charge in [-0.1, -0.05) is 0 Å². The minimum atomic E-state index is -3.46. The second-order valence-corrected chi connectivity index (χ2v) is 7.17. The summed E-state index contributed by atoms with van der Waals surface area (Å²) in [5.41, 5.74) is 5.74. The minimum Gasteiger partial charge on any atom is -0.377 e. The average molecular weight is 278 g/mol. The summed E-state index contributed by atoms with van der Waals surface area (Å²) in [5, 5.41) is 1.75. The molecule has 0 aliphatic carbocycles. The van der Waals surface area contributed by atoms with E-state index < -0.39 is 15.6 Å². The molecule has 0 fully saturated rings. The Kier molecular flexibility index (Phi) is 4.68. The largest absolute Gasteiger partial charge is 0.377 e. The summed E-state index contributed by atoms with van der Waals surface area (Å²) in [4.78, 5) is 0. The molecule has 5 nitrogen and oxygen atoms in total. The van der Waals surface area contributed by atoms with Crippen molar-refractivity contribution in [1.82, 2.24) is 4.72 Å². The summed E-state index contributed by atoms with van der Waals surface area (Å²) in [6, 6.07) is 1.59.